The number of fused-ring (bicyclic) bond motifs is 1. The molecule has 0 N–H and O–H groups in total. The van der Waals surface area contributed by atoms with Crippen LogP contribution in [0, 0.1) is 0 Å². The average Bonchev–Trinajstić information content (AvgIpc) is 3.15. The van der Waals surface area contributed by atoms with Crippen LogP contribution in [0.5, 0.6) is 5.75 Å². The van der Waals surface area contributed by atoms with Crippen LogP contribution in [0.25, 0.3) is 11.1 Å². The van der Waals surface area contributed by atoms with Gasteiger partial charge in [0.05, 0.1) is 17.3 Å². The Morgan fingerprint density at radius 3 is 2.59 bits per heavy atom. The molecule has 2 aromatic heterocycles. The van der Waals surface area contributed by atoms with Crippen LogP contribution in [0.1, 0.15) is 28.4 Å². The van der Waals surface area contributed by atoms with Crippen molar-refractivity contribution in [3.63, 3.8) is 0 Å². The molecule has 3 aromatic rings. The zero-order chi connectivity index (χ0) is 19.6. The largest absolute Gasteiger partial charge is 0.488 e. The highest BCUT2D eigenvalue weighted by Crippen LogP contribution is 2.29. The van der Waals surface area contributed by atoms with Crippen LogP contribution in [0.15, 0.2) is 47.6 Å². The second-order valence-electron chi connectivity index (χ2n) is 7.73. The number of hydrogen-bond donors (Lipinski definition) is 0. The molecule has 0 bridgehead atoms. The van der Waals surface area contributed by atoms with Gasteiger partial charge in [-0.3, -0.25) is 4.90 Å². The van der Waals surface area contributed by atoms with E-state index >= 15 is 0 Å². The molecule has 3 heterocycles. The smallest absolute Gasteiger partial charge is 0.124 e. The van der Waals surface area contributed by atoms with E-state index in [1.54, 1.807) is 11.8 Å². The molecule has 0 spiro atoms. The Bertz CT molecular complexity index is 939. The summed E-state index contributed by atoms with van der Waals surface area (Å²) in [5.41, 5.74) is 3.67. The SMILES string of the molecule is CSc1ccc(-c2ccc(OC3CN(Cc4nc5c(s4)CCCC5)C3)cc2)cn1. The second kappa shape index (κ2) is 8.46. The minimum atomic E-state index is 0.276. The molecule has 0 saturated carbocycles. The molecule has 1 aliphatic carbocycles. The fraction of sp³-hybridized carbons (Fsp3) is 0.391. The van der Waals surface area contributed by atoms with Crippen molar-refractivity contribution >= 4 is 23.1 Å². The number of nitrogens with zero attached hydrogens (tertiary/aromatic N) is 3. The van der Waals surface area contributed by atoms with Crippen LogP contribution in [0.2, 0.25) is 0 Å². The molecule has 0 amide bonds. The number of thioether (sulfide) groups is 1. The normalized spacial score (nSPS) is 17.0. The lowest BCUT2D eigenvalue weighted by Gasteiger charge is -2.38. The lowest BCUT2D eigenvalue weighted by atomic mass is 10.0. The molecule has 4 nitrogen and oxygen atoms in total. The Kier molecular flexibility index (Phi) is 5.57. The van der Waals surface area contributed by atoms with Gasteiger partial charge >= 0.3 is 0 Å². The average molecular weight is 424 g/mol. The topological polar surface area (TPSA) is 38.2 Å². The molecule has 1 aliphatic heterocycles. The number of aromatic nitrogens is 2. The van der Waals surface area contributed by atoms with E-state index in [0.29, 0.717) is 0 Å². The summed E-state index contributed by atoms with van der Waals surface area (Å²) in [7, 11) is 0. The maximum absolute atomic E-state index is 6.15. The van der Waals surface area contributed by atoms with Gasteiger partial charge in [0.15, 0.2) is 0 Å². The van der Waals surface area contributed by atoms with Crippen molar-refractivity contribution in [3.8, 4) is 16.9 Å². The van der Waals surface area contributed by atoms with Crippen LogP contribution in [-0.2, 0) is 19.4 Å². The highest BCUT2D eigenvalue weighted by molar-refractivity contribution is 7.98. The molecule has 5 rings (SSSR count). The predicted octanol–water partition coefficient (Wildman–Crippen LogP) is 5.07. The molecule has 2 aliphatic rings. The van der Waals surface area contributed by atoms with Gasteiger partial charge in [0, 0.05) is 29.7 Å². The number of ether oxygens (including phenoxy) is 1. The molecule has 1 saturated heterocycles. The predicted molar refractivity (Wildman–Crippen MR) is 120 cm³/mol. The number of hydrogen-bond acceptors (Lipinski definition) is 6. The molecular weight excluding hydrogens is 398 g/mol. The van der Waals surface area contributed by atoms with E-state index in [1.807, 2.05) is 23.8 Å². The van der Waals surface area contributed by atoms with Crippen LogP contribution >= 0.6 is 23.1 Å². The quantitative estimate of drug-likeness (QED) is 0.518. The molecular formula is C23H25N3OS2. The van der Waals surface area contributed by atoms with Crippen LogP contribution in [0.3, 0.4) is 0 Å². The summed E-state index contributed by atoms with van der Waals surface area (Å²) in [5.74, 6) is 0.941. The zero-order valence-electron chi connectivity index (χ0n) is 16.6. The third-order valence-electron chi connectivity index (χ3n) is 5.61. The molecule has 0 atom stereocenters. The van der Waals surface area contributed by atoms with Crippen molar-refractivity contribution in [1.82, 2.24) is 14.9 Å². The Balaban J connectivity index is 1.13. The van der Waals surface area contributed by atoms with Gasteiger partial charge in [-0.15, -0.1) is 23.1 Å². The summed E-state index contributed by atoms with van der Waals surface area (Å²) in [6, 6.07) is 12.5. The van der Waals surface area contributed by atoms with Gasteiger partial charge in [0.25, 0.3) is 0 Å². The van der Waals surface area contributed by atoms with Gasteiger partial charge in [-0.2, -0.15) is 0 Å². The number of rotatable bonds is 6. The lowest BCUT2D eigenvalue weighted by Crippen LogP contribution is -2.53. The first-order valence-electron chi connectivity index (χ1n) is 10.2. The molecule has 29 heavy (non-hydrogen) atoms. The Morgan fingerprint density at radius 2 is 1.86 bits per heavy atom. The Labute approximate surface area is 180 Å². The van der Waals surface area contributed by atoms with Crippen LogP contribution in [-0.4, -0.2) is 40.3 Å². The van der Waals surface area contributed by atoms with Gasteiger partial charge < -0.3 is 4.74 Å². The van der Waals surface area contributed by atoms with Gasteiger partial charge in [0.1, 0.15) is 16.9 Å². The first kappa shape index (κ1) is 19.1. The molecule has 1 aromatic carbocycles. The van der Waals surface area contributed by atoms with E-state index in [4.69, 9.17) is 9.72 Å². The van der Waals surface area contributed by atoms with Crippen molar-refractivity contribution in [2.24, 2.45) is 0 Å². The fourth-order valence-electron chi connectivity index (χ4n) is 3.98. The van der Waals surface area contributed by atoms with Crippen molar-refractivity contribution < 1.29 is 4.74 Å². The number of benzene rings is 1. The van der Waals surface area contributed by atoms with Crippen LogP contribution in [0.4, 0.5) is 0 Å². The van der Waals surface area contributed by atoms with E-state index in [0.717, 1.165) is 36.0 Å². The van der Waals surface area contributed by atoms with Gasteiger partial charge in [-0.1, -0.05) is 18.2 Å². The van der Waals surface area contributed by atoms with E-state index in [2.05, 4.69) is 46.3 Å². The van der Waals surface area contributed by atoms with E-state index in [1.165, 1.54) is 46.8 Å². The number of likely N-dealkylation sites (tertiary alicyclic amines) is 1. The van der Waals surface area contributed by atoms with E-state index in [9.17, 15) is 0 Å². The monoisotopic (exact) mass is 423 g/mol. The summed E-state index contributed by atoms with van der Waals surface area (Å²) in [4.78, 5) is 13.3. The standard InChI is InChI=1S/C23H25N3OS2/c1-28-22-11-8-17(12-24-22)16-6-9-18(10-7-16)27-19-13-26(14-19)15-23-25-20-4-2-3-5-21(20)29-23/h6-12,19H,2-5,13-15H2,1H3. The lowest BCUT2D eigenvalue weighted by molar-refractivity contribution is 0.0145. The second-order valence-corrected chi connectivity index (χ2v) is 9.73. The van der Waals surface area contributed by atoms with Crippen molar-refractivity contribution in [2.45, 2.75) is 43.4 Å². The molecule has 0 unspecified atom stereocenters. The minimum absolute atomic E-state index is 0.276. The van der Waals surface area contributed by atoms with Crippen molar-refractivity contribution in [2.75, 3.05) is 19.3 Å². The Morgan fingerprint density at radius 1 is 1.07 bits per heavy atom. The summed E-state index contributed by atoms with van der Waals surface area (Å²) >= 11 is 3.58. The first-order chi connectivity index (χ1) is 14.3. The van der Waals surface area contributed by atoms with Gasteiger partial charge in [0.2, 0.25) is 0 Å². The Hall–Kier alpha value is -1.89. The summed E-state index contributed by atoms with van der Waals surface area (Å²) in [5, 5.41) is 2.32. The highest BCUT2D eigenvalue weighted by atomic mass is 32.2. The van der Waals surface area contributed by atoms with Gasteiger partial charge in [-0.25, -0.2) is 9.97 Å². The first-order valence-corrected chi connectivity index (χ1v) is 12.3. The molecule has 0 radical (unpaired) electrons. The minimum Gasteiger partial charge on any atom is -0.488 e. The molecule has 1 fully saturated rings. The fourth-order valence-corrected chi connectivity index (χ4v) is 5.54. The van der Waals surface area contributed by atoms with Crippen molar-refractivity contribution in [3.05, 3.63) is 58.2 Å². The summed E-state index contributed by atoms with van der Waals surface area (Å²) in [6.45, 7) is 2.92. The van der Waals surface area contributed by atoms with Gasteiger partial charge in [-0.05, 0) is 55.7 Å². The third kappa shape index (κ3) is 4.34. The van der Waals surface area contributed by atoms with E-state index < -0.39 is 0 Å². The van der Waals surface area contributed by atoms with E-state index in [-0.39, 0.29) is 6.10 Å². The number of pyridine rings is 1. The highest BCUT2D eigenvalue weighted by Gasteiger charge is 2.29. The van der Waals surface area contributed by atoms with Crippen LogP contribution < -0.4 is 4.74 Å². The maximum Gasteiger partial charge on any atom is 0.124 e. The maximum atomic E-state index is 6.15. The molecule has 150 valence electrons. The number of aryl methyl sites for hydroxylation is 2. The third-order valence-corrected chi connectivity index (χ3v) is 7.41. The summed E-state index contributed by atoms with van der Waals surface area (Å²) in [6.07, 6.45) is 9.28. The zero-order valence-corrected chi connectivity index (χ0v) is 18.3. The molecule has 6 heteroatoms. The summed E-state index contributed by atoms with van der Waals surface area (Å²) < 4.78 is 6.15. The number of thiazole rings is 1. The van der Waals surface area contributed by atoms with Crippen molar-refractivity contribution in [1.29, 1.82) is 0 Å².